The van der Waals surface area contributed by atoms with Crippen LogP contribution in [0.4, 0.5) is 4.79 Å². The van der Waals surface area contributed by atoms with E-state index in [0.717, 1.165) is 0 Å². The molecular weight excluding hydrogens is 348 g/mol. The molecule has 2 N–H and O–H groups in total. The standard InChI is InChI=1S/C16H17ClN4O4/c1-9-12(13(17)21(20-9)11-7-5-4-6-8-11)15(23)25-10(2)14(22)19-16(24)18-3/h4-8,10H,1-3H3,(H2,18,19,22,24)/t10-/m0/s1. The minimum Gasteiger partial charge on any atom is -0.449 e. The maximum absolute atomic E-state index is 12.4. The molecule has 1 atom stereocenters. The monoisotopic (exact) mass is 364 g/mol. The molecule has 0 aliphatic heterocycles. The van der Waals surface area contributed by atoms with E-state index < -0.39 is 24.0 Å². The van der Waals surface area contributed by atoms with E-state index in [1.165, 1.54) is 18.7 Å². The summed E-state index contributed by atoms with van der Waals surface area (Å²) in [5, 5.41) is 8.57. The van der Waals surface area contributed by atoms with Crippen LogP contribution in [0.5, 0.6) is 0 Å². The first-order valence-corrected chi connectivity index (χ1v) is 7.77. The van der Waals surface area contributed by atoms with Gasteiger partial charge in [0.25, 0.3) is 5.91 Å². The molecule has 3 amide bonds. The molecule has 0 saturated carbocycles. The molecule has 1 heterocycles. The average Bonchev–Trinajstić information content (AvgIpc) is 2.89. The van der Waals surface area contributed by atoms with Gasteiger partial charge in [-0.2, -0.15) is 5.10 Å². The van der Waals surface area contributed by atoms with Crippen LogP contribution in [-0.2, 0) is 9.53 Å². The van der Waals surface area contributed by atoms with Crippen molar-refractivity contribution in [2.75, 3.05) is 7.05 Å². The molecule has 2 aromatic rings. The van der Waals surface area contributed by atoms with Crippen LogP contribution in [0, 0.1) is 6.92 Å². The number of para-hydroxylation sites is 1. The van der Waals surface area contributed by atoms with Gasteiger partial charge in [0.05, 0.1) is 11.4 Å². The highest BCUT2D eigenvalue weighted by Gasteiger charge is 2.26. The summed E-state index contributed by atoms with van der Waals surface area (Å²) in [5.41, 5.74) is 1.10. The molecule has 0 bridgehead atoms. The number of ether oxygens (including phenoxy) is 1. The summed E-state index contributed by atoms with van der Waals surface area (Å²) in [6.45, 7) is 2.96. The lowest BCUT2D eigenvalue weighted by Gasteiger charge is -2.12. The number of esters is 1. The van der Waals surface area contributed by atoms with Crippen LogP contribution < -0.4 is 10.6 Å². The SMILES string of the molecule is CNC(=O)NC(=O)[C@H](C)OC(=O)c1c(C)nn(-c2ccccc2)c1Cl. The van der Waals surface area contributed by atoms with E-state index in [1.54, 1.807) is 19.1 Å². The Balaban J connectivity index is 2.19. The quantitative estimate of drug-likeness (QED) is 0.806. The molecule has 8 nitrogen and oxygen atoms in total. The zero-order chi connectivity index (χ0) is 18.6. The highest BCUT2D eigenvalue weighted by atomic mass is 35.5. The fourth-order valence-electron chi connectivity index (χ4n) is 2.02. The smallest absolute Gasteiger partial charge is 0.344 e. The normalized spacial score (nSPS) is 11.5. The number of hydrogen-bond acceptors (Lipinski definition) is 5. The number of carbonyl (C=O) groups is 3. The second kappa shape index (κ2) is 7.80. The van der Waals surface area contributed by atoms with Gasteiger partial charge in [-0.15, -0.1) is 0 Å². The lowest BCUT2D eigenvalue weighted by Crippen LogP contribution is -2.43. The van der Waals surface area contributed by atoms with Gasteiger partial charge in [-0.25, -0.2) is 14.3 Å². The summed E-state index contributed by atoms with van der Waals surface area (Å²) >= 11 is 6.26. The number of imide groups is 1. The first kappa shape index (κ1) is 18.5. The van der Waals surface area contributed by atoms with Crippen LogP contribution in [0.1, 0.15) is 23.0 Å². The van der Waals surface area contributed by atoms with Crippen LogP contribution >= 0.6 is 11.6 Å². The van der Waals surface area contributed by atoms with Gasteiger partial charge in [0.15, 0.2) is 6.10 Å². The number of hydrogen-bond donors (Lipinski definition) is 2. The molecule has 0 spiro atoms. The predicted molar refractivity (Wildman–Crippen MR) is 90.8 cm³/mol. The van der Waals surface area contributed by atoms with Crippen molar-refractivity contribution in [3.8, 4) is 5.69 Å². The van der Waals surface area contributed by atoms with E-state index >= 15 is 0 Å². The van der Waals surface area contributed by atoms with Crippen molar-refractivity contribution >= 4 is 29.5 Å². The summed E-state index contributed by atoms with van der Waals surface area (Å²) in [6.07, 6.45) is -1.18. The Bertz CT molecular complexity index is 804. The maximum atomic E-state index is 12.4. The highest BCUT2D eigenvalue weighted by molar-refractivity contribution is 6.33. The van der Waals surface area contributed by atoms with E-state index in [1.807, 2.05) is 23.5 Å². The fraction of sp³-hybridized carbons (Fsp3) is 0.250. The van der Waals surface area contributed by atoms with E-state index in [9.17, 15) is 14.4 Å². The number of carbonyl (C=O) groups excluding carboxylic acids is 3. The van der Waals surface area contributed by atoms with Crippen molar-refractivity contribution in [3.05, 3.63) is 46.7 Å². The maximum Gasteiger partial charge on any atom is 0.344 e. The zero-order valence-corrected chi connectivity index (χ0v) is 14.6. The van der Waals surface area contributed by atoms with Gasteiger partial charge in [0.1, 0.15) is 10.7 Å². The summed E-state index contributed by atoms with van der Waals surface area (Å²) < 4.78 is 6.49. The van der Waals surface area contributed by atoms with Crippen molar-refractivity contribution in [2.45, 2.75) is 20.0 Å². The van der Waals surface area contributed by atoms with Crippen LogP contribution in [0.2, 0.25) is 5.15 Å². The second-order valence-electron chi connectivity index (χ2n) is 5.11. The fourth-order valence-corrected chi connectivity index (χ4v) is 2.37. The molecule has 0 aliphatic rings. The van der Waals surface area contributed by atoms with Gasteiger partial charge in [-0.05, 0) is 26.0 Å². The van der Waals surface area contributed by atoms with Gasteiger partial charge in [0.2, 0.25) is 0 Å². The number of halogens is 1. The van der Waals surface area contributed by atoms with Gasteiger partial charge in [-0.3, -0.25) is 10.1 Å². The molecule has 0 aliphatic carbocycles. The Hall–Kier alpha value is -2.87. The van der Waals surface area contributed by atoms with Crippen LogP contribution in [0.25, 0.3) is 5.69 Å². The Labute approximate surface area is 149 Å². The number of amides is 3. The Morgan fingerprint density at radius 3 is 2.48 bits per heavy atom. The molecule has 9 heteroatoms. The first-order valence-electron chi connectivity index (χ1n) is 7.39. The molecule has 0 fully saturated rings. The lowest BCUT2D eigenvalue weighted by molar-refractivity contribution is -0.127. The molecule has 25 heavy (non-hydrogen) atoms. The van der Waals surface area contributed by atoms with Crippen molar-refractivity contribution in [3.63, 3.8) is 0 Å². The highest BCUT2D eigenvalue weighted by Crippen LogP contribution is 2.24. The topological polar surface area (TPSA) is 102 Å². The molecule has 0 saturated heterocycles. The second-order valence-corrected chi connectivity index (χ2v) is 5.47. The molecule has 0 unspecified atom stereocenters. The lowest BCUT2D eigenvalue weighted by atomic mass is 10.2. The third-order valence-electron chi connectivity index (χ3n) is 3.33. The summed E-state index contributed by atoms with van der Waals surface area (Å²) in [5.74, 6) is -1.55. The van der Waals surface area contributed by atoms with Crippen molar-refractivity contribution in [1.82, 2.24) is 20.4 Å². The van der Waals surface area contributed by atoms with Crippen molar-refractivity contribution in [2.24, 2.45) is 0 Å². The Morgan fingerprint density at radius 1 is 1.24 bits per heavy atom. The van der Waals surface area contributed by atoms with Crippen molar-refractivity contribution < 1.29 is 19.1 Å². The van der Waals surface area contributed by atoms with Crippen LogP contribution in [-0.4, -0.2) is 40.8 Å². The molecule has 1 aromatic carbocycles. The van der Waals surface area contributed by atoms with E-state index in [-0.39, 0.29) is 10.7 Å². The van der Waals surface area contributed by atoms with Crippen LogP contribution in [0.15, 0.2) is 30.3 Å². The van der Waals surface area contributed by atoms with Crippen molar-refractivity contribution in [1.29, 1.82) is 0 Å². The van der Waals surface area contributed by atoms with E-state index in [4.69, 9.17) is 16.3 Å². The van der Waals surface area contributed by atoms with Crippen LogP contribution in [0.3, 0.4) is 0 Å². The van der Waals surface area contributed by atoms with Gasteiger partial charge >= 0.3 is 12.0 Å². The number of nitrogens with zero attached hydrogens (tertiary/aromatic N) is 2. The molecule has 132 valence electrons. The van der Waals surface area contributed by atoms with E-state index in [2.05, 4.69) is 10.4 Å². The number of nitrogens with one attached hydrogen (secondary N) is 2. The molecule has 2 rings (SSSR count). The number of benzene rings is 1. The van der Waals surface area contributed by atoms with Gasteiger partial charge in [0, 0.05) is 7.05 Å². The third kappa shape index (κ3) is 4.16. The third-order valence-corrected chi connectivity index (χ3v) is 3.67. The number of rotatable bonds is 4. The Kier molecular flexibility index (Phi) is 5.76. The summed E-state index contributed by atoms with van der Waals surface area (Å²) in [7, 11) is 1.36. The van der Waals surface area contributed by atoms with Gasteiger partial charge < -0.3 is 10.1 Å². The number of aromatic nitrogens is 2. The zero-order valence-electron chi connectivity index (χ0n) is 13.9. The average molecular weight is 365 g/mol. The Morgan fingerprint density at radius 2 is 1.88 bits per heavy atom. The van der Waals surface area contributed by atoms with Gasteiger partial charge in [-0.1, -0.05) is 29.8 Å². The molecular formula is C16H17ClN4O4. The minimum atomic E-state index is -1.18. The number of urea groups is 1. The first-order chi connectivity index (χ1) is 11.8. The minimum absolute atomic E-state index is 0.0603. The number of aryl methyl sites for hydroxylation is 1. The largest absolute Gasteiger partial charge is 0.449 e. The predicted octanol–water partition coefficient (Wildman–Crippen LogP) is 1.84. The summed E-state index contributed by atoms with van der Waals surface area (Å²) in [4.78, 5) is 35.3. The molecule has 0 radical (unpaired) electrons. The molecule has 1 aromatic heterocycles. The van der Waals surface area contributed by atoms with E-state index in [0.29, 0.717) is 11.4 Å². The summed E-state index contributed by atoms with van der Waals surface area (Å²) in [6, 6.07) is 8.34.